The highest BCUT2D eigenvalue weighted by molar-refractivity contribution is 6.42. The molecule has 0 aromatic heterocycles. The number of hydrogen-bond donors (Lipinski definition) is 1. The fraction of sp³-hybridized carbons (Fsp3) is 0.294. The third-order valence-electron chi connectivity index (χ3n) is 3.47. The molecule has 0 bridgehead atoms. The molecular formula is C17H19Cl2NO. The van der Waals surface area contributed by atoms with Crippen LogP contribution >= 0.6 is 23.2 Å². The molecule has 0 aliphatic heterocycles. The first kappa shape index (κ1) is 16.2. The Balaban J connectivity index is 2.02. The van der Waals surface area contributed by atoms with E-state index in [1.807, 2.05) is 31.3 Å². The normalized spacial score (nSPS) is 12.2. The van der Waals surface area contributed by atoms with E-state index in [2.05, 4.69) is 24.4 Å². The first-order valence-electron chi connectivity index (χ1n) is 6.98. The lowest BCUT2D eigenvalue weighted by molar-refractivity contribution is 0.306. The van der Waals surface area contributed by atoms with Crippen LogP contribution < -0.4 is 10.1 Å². The molecule has 1 unspecified atom stereocenters. The van der Waals surface area contributed by atoms with Crippen LogP contribution in [0.15, 0.2) is 42.5 Å². The molecule has 1 atom stereocenters. The van der Waals surface area contributed by atoms with Crippen LogP contribution in [-0.2, 0) is 6.61 Å². The molecule has 0 heterocycles. The second kappa shape index (κ2) is 7.69. The van der Waals surface area contributed by atoms with E-state index >= 15 is 0 Å². The molecule has 0 radical (unpaired) electrons. The third-order valence-corrected chi connectivity index (χ3v) is 4.32. The lowest BCUT2D eigenvalue weighted by Gasteiger charge is -2.15. The van der Waals surface area contributed by atoms with E-state index in [0.29, 0.717) is 22.7 Å². The van der Waals surface area contributed by atoms with E-state index < -0.39 is 0 Å². The number of nitrogens with one attached hydrogen (secondary N) is 1. The van der Waals surface area contributed by atoms with Crippen LogP contribution in [0.5, 0.6) is 5.75 Å². The van der Waals surface area contributed by atoms with Crippen molar-refractivity contribution >= 4 is 23.2 Å². The van der Waals surface area contributed by atoms with Crippen molar-refractivity contribution in [2.75, 3.05) is 7.05 Å². The van der Waals surface area contributed by atoms with Crippen molar-refractivity contribution in [1.82, 2.24) is 5.32 Å². The van der Waals surface area contributed by atoms with Crippen molar-refractivity contribution in [2.45, 2.75) is 26.0 Å². The van der Waals surface area contributed by atoms with Gasteiger partial charge in [0.15, 0.2) is 0 Å². The van der Waals surface area contributed by atoms with Crippen molar-refractivity contribution in [3.8, 4) is 5.75 Å². The van der Waals surface area contributed by atoms with Gasteiger partial charge in [-0.05, 0) is 37.2 Å². The van der Waals surface area contributed by atoms with Crippen LogP contribution in [0, 0.1) is 0 Å². The van der Waals surface area contributed by atoms with Crippen molar-refractivity contribution in [1.29, 1.82) is 0 Å². The van der Waals surface area contributed by atoms with Crippen LogP contribution in [0.4, 0.5) is 0 Å². The Bertz CT molecular complexity index is 580. The maximum absolute atomic E-state index is 6.14. The maximum Gasteiger partial charge on any atom is 0.119 e. The van der Waals surface area contributed by atoms with Gasteiger partial charge in [-0.15, -0.1) is 0 Å². The second-order valence-electron chi connectivity index (χ2n) is 4.82. The quantitative estimate of drug-likeness (QED) is 0.784. The van der Waals surface area contributed by atoms with E-state index in [1.165, 1.54) is 5.56 Å². The average molecular weight is 324 g/mol. The van der Waals surface area contributed by atoms with E-state index in [4.69, 9.17) is 27.9 Å². The highest BCUT2D eigenvalue weighted by atomic mass is 35.5. The SMILES string of the molecule is CCC(NC)c1ccc(OCc2cccc(Cl)c2Cl)cc1. The molecule has 112 valence electrons. The fourth-order valence-corrected chi connectivity index (χ4v) is 2.60. The topological polar surface area (TPSA) is 21.3 Å². The highest BCUT2D eigenvalue weighted by Gasteiger charge is 2.07. The van der Waals surface area contributed by atoms with Gasteiger partial charge in [0.2, 0.25) is 0 Å². The van der Waals surface area contributed by atoms with Gasteiger partial charge in [-0.2, -0.15) is 0 Å². The summed E-state index contributed by atoms with van der Waals surface area (Å²) in [5.74, 6) is 0.820. The molecule has 21 heavy (non-hydrogen) atoms. The van der Waals surface area contributed by atoms with Gasteiger partial charge < -0.3 is 10.1 Å². The van der Waals surface area contributed by atoms with Crippen LogP contribution in [-0.4, -0.2) is 7.05 Å². The van der Waals surface area contributed by atoms with Gasteiger partial charge in [-0.1, -0.05) is 54.4 Å². The van der Waals surface area contributed by atoms with Gasteiger partial charge >= 0.3 is 0 Å². The van der Waals surface area contributed by atoms with Gasteiger partial charge in [-0.25, -0.2) is 0 Å². The van der Waals surface area contributed by atoms with Crippen LogP contribution in [0.1, 0.15) is 30.5 Å². The molecule has 0 fully saturated rings. The Morgan fingerprint density at radius 3 is 2.43 bits per heavy atom. The fourth-order valence-electron chi connectivity index (χ4n) is 2.22. The first-order chi connectivity index (χ1) is 10.2. The zero-order chi connectivity index (χ0) is 15.2. The van der Waals surface area contributed by atoms with Crippen LogP contribution in [0.25, 0.3) is 0 Å². The molecule has 2 aromatic rings. The second-order valence-corrected chi connectivity index (χ2v) is 5.61. The number of ether oxygens (including phenoxy) is 1. The van der Waals surface area contributed by atoms with Gasteiger partial charge in [0, 0.05) is 11.6 Å². The largest absolute Gasteiger partial charge is 0.489 e. The average Bonchev–Trinajstić information content (AvgIpc) is 2.51. The standard InChI is InChI=1S/C17H19Cl2NO/c1-3-16(20-2)12-7-9-14(10-8-12)21-11-13-5-4-6-15(18)17(13)19/h4-10,16,20H,3,11H2,1-2H3. The molecule has 0 amide bonds. The lowest BCUT2D eigenvalue weighted by Crippen LogP contribution is -2.14. The molecular weight excluding hydrogens is 305 g/mol. The summed E-state index contributed by atoms with van der Waals surface area (Å²) in [5, 5.41) is 4.39. The Kier molecular flexibility index (Phi) is 5.92. The zero-order valence-corrected chi connectivity index (χ0v) is 13.7. The first-order valence-corrected chi connectivity index (χ1v) is 7.74. The number of halogens is 2. The van der Waals surface area contributed by atoms with Crippen LogP contribution in [0.3, 0.4) is 0 Å². The number of rotatable bonds is 6. The third kappa shape index (κ3) is 4.13. The molecule has 2 nitrogen and oxygen atoms in total. The Morgan fingerprint density at radius 1 is 1.10 bits per heavy atom. The molecule has 0 aliphatic rings. The number of hydrogen-bond acceptors (Lipinski definition) is 2. The summed E-state index contributed by atoms with van der Waals surface area (Å²) < 4.78 is 5.77. The maximum atomic E-state index is 6.14. The molecule has 0 saturated heterocycles. The van der Waals surface area contributed by atoms with Gasteiger partial charge in [0.25, 0.3) is 0 Å². The highest BCUT2D eigenvalue weighted by Crippen LogP contribution is 2.27. The van der Waals surface area contributed by atoms with E-state index in [-0.39, 0.29) is 0 Å². The lowest BCUT2D eigenvalue weighted by atomic mass is 10.0. The van der Waals surface area contributed by atoms with Gasteiger partial charge in [-0.3, -0.25) is 0 Å². The summed E-state index contributed by atoms with van der Waals surface area (Å²) in [4.78, 5) is 0. The van der Waals surface area contributed by atoms with Gasteiger partial charge in [0.1, 0.15) is 12.4 Å². The van der Waals surface area contributed by atoms with E-state index in [9.17, 15) is 0 Å². The summed E-state index contributed by atoms with van der Waals surface area (Å²) >= 11 is 12.1. The number of benzene rings is 2. The molecule has 2 rings (SSSR count). The minimum Gasteiger partial charge on any atom is -0.489 e. The van der Waals surface area contributed by atoms with E-state index in [0.717, 1.165) is 17.7 Å². The summed E-state index contributed by atoms with van der Waals surface area (Å²) in [7, 11) is 1.97. The summed E-state index contributed by atoms with van der Waals surface area (Å²) in [6.07, 6.45) is 1.05. The molecule has 0 saturated carbocycles. The summed E-state index contributed by atoms with van der Waals surface area (Å²) in [6.45, 7) is 2.56. The molecule has 0 spiro atoms. The Labute approximate surface area is 136 Å². The summed E-state index contributed by atoms with van der Waals surface area (Å²) in [5.41, 5.74) is 2.14. The van der Waals surface area contributed by atoms with E-state index in [1.54, 1.807) is 6.07 Å². The van der Waals surface area contributed by atoms with Crippen LogP contribution in [0.2, 0.25) is 10.0 Å². The van der Waals surface area contributed by atoms with Crippen molar-refractivity contribution in [2.24, 2.45) is 0 Å². The molecule has 4 heteroatoms. The minimum absolute atomic E-state index is 0.376. The predicted octanol–water partition coefficient (Wildman–Crippen LogP) is 5.24. The predicted molar refractivity (Wildman–Crippen MR) is 89.3 cm³/mol. The van der Waals surface area contributed by atoms with Crippen molar-refractivity contribution in [3.63, 3.8) is 0 Å². The molecule has 2 aromatic carbocycles. The zero-order valence-electron chi connectivity index (χ0n) is 12.2. The van der Waals surface area contributed by atoms with Crippen molar-refractivity contribution in [3.05, 3.63) is 63.6 Å². The Morgan fingerprint density at radius 2 is 1.81 bits per heavy atom. The van der Waals surface area contributed by atoms with Crippen molar-refractivity contribution < 1.29 is 4.74 Å². The monoisotopic (exact) mass is 323 g/mol. The smallest absolute Gasteiger partial charge is 0.119 e. The molecule has 1 N–H and O–H groups in total. The molecule has 0 aliphatic carbocycles. The van der Waals surface area contributed by atoms with Gasteiger partial charge in [0.05, 0.1) is 10.0 Å². The summed E-state index contributed by atoms with van der Waals surface area (Å²) in [6, 6.07) is 14.1. The minimum atomic E-state index is 0.376. The Hall–Kier alpha value is -1.22.